The average Bonchev–Trinajstić information content (AvgIpc) is 3.30. The normalized spacial score (nSPS) is 14.0. The summed E-state index contributed by atoms with van der Waals surface area (Å²) < 4.78 is 0. The van der Waals surface area contributed by atoms with E-state index in [2.05, 4.69) is 51.7 Å². The fourth-order valence-electron chi connectivity index (χ4n) is 2.04. The number of thioether (sulfide) groups is 2. The van der Waals surface area contributed by atoms with Crippen LogP contribution in [0.15, 0.2) is 34.3 Å². The van der Waals surface area contributed by atoms with Crippen molar-refractivity contribution in [2.75, 3.05) is 18.1 Å². The Labute approximate surface area is 144 Å². The van der Waals surface area contributed by atoms with Crippen molar-refractivity contribution in [3.8, 4) is 0 Å². The molecule has 1 amide bonds. The largest absolute Gasteiger partial charge is 0.355 e. The molecule has 23 heavy (non-hydrogen) atoms. The highest BCUT2D eigenvalue weighted by atomic mass is 32.2. The number of rotatable bonds is 8. The zero-order valence-electron chi connectivity index (χ0n) is 13.0. The molecule has 122 valence electrons. The van der Waals surface area contributed by atoms with Crippen molar-refractivity contribution in [2.45, 2.75) is 35.7 Å². The first-order chi connectivity index (χ1) is 11.2. The van der Waals surface area contributed by atoms with E-state index in [-0.39, 0.29) is 5.91 Å². The summed E-state index contributed by atoms with van der Waals surface area (Å²) >= 11 is 3.13. The van der Waals surface area contributed by atoms with Gasteiger partial charge in [-0.05, 0) is 31.9 Å². The molecule has 1 aromatic heterocycles. The van der Waals surface area contributed by atoms with Crippen LogP contribution in [0.4, 0.5) is 0 Å². The number of carbonyl (C=O) groups is 1. The lowest BCUT2D eigenvalue weighted by Gasteiger charge is -2.04. The van der Waals surface area contributed by atoms with Gasteiger partial charge in [0.1, 0.15) is 5.82 Å². The monoisotopic (exact) mass is 348 g/mol. The fourth-order valence-corrected chi connectivity index (χ4v) is 3.44. The zero-order chi connectivity index (χ0) is 16.1. The van der Waals surface area contributed by atoms with Gasteiger partial charge in [-0.25, -0.2) is 4.98 Å². The van der Waals surface area contributed by atoms with Crippen LogP contribution in [-0.2, 0) is 4.79 Å². The average molecular weight is 348 g/mol. The highest BCUT2D eigenvalue weighted by Crippen LogP contribution is 2.38. The number of hydrogen-bond donors (Lipinski definition) is 2. The van der Waals surface area contributed by atoms with Crippen molar-refractivity contribution in [1.29, 1.82) is 0 Å². The zero-order valence-corrected chi connectivity index (χ0v) is 14.7. The topological polar surface area (TPSA) is 70.7 Å². The lowest BCUT2D eigenvalue weighted by molar-refractivity contribution is -0.118. The van der Waals surface area contributed by atoms with E-state index in [1.807, 2.05) is 0 Å². The third-order valence-electron chi connectivity index (χ3n) is 3.49. The molecule has 1 aliphatic carbocycles. The predicted molar refractivity (Wildman–Crippen MR) is 94.0 cm³/mol. The molecule has 0 aliphatic heterocycles. The molecule has 2 N–H and O–H groups in total. The van der Waals surface area contributed by atoms with Crippen molar-refractivity contribution in [3.05, 3.63) is 35.7 Å². The summed E-state index contributed by atoms with van der Waals surface area (Å²) in [5, 5.41) is 10.7. The van der Waals surface area contributed by atoms with Crippen LogP contribution in [0.25, 0.3) is 0 Å². The number of carbonyl (C=O) groups excluding carboxylic acids is 1. The smallest absolute Gasteiger partial charge is 0.230 e. The Kier molecular flexibility index (Phi) is 5.61. The van der Waals surface area contributed by atoms with Crippen molar-refractivity contribution in [2.24, 2.45) is 0 Å². The first kappa shape index (κ1) is 16.4. The van der Waals surface area contributed by atoms with E-state index in [0.717, 1.165) is 11.6 Å². The number of H-pyrrole nitrogens is 1. The van der Waals surface area contributed by atoms with Crippen LogP contribution in [-0.4, -0.2) is 39.1 Å². The van der Waals surface area contributed by atoms with E-state index in [9.17, 15) is 4.79 Å². The molecule has 7 heteroatoms. The molecular weight excluding hydrogens is 328 g/mol. The van der Waals surface area contributed by atoms with Crippen LogP contribution in [0, 0.1) is 6.92 Å². The summed E-state index contributed by atoms with van der Waals surface area (Å²) in [4.78, 5) is 17.4. The quantitative estimate of drug-likeness (QED) is 0.567. The van der Waals surface area contributed by atoms with Gasteiger partial charge in [-0.3, -0.25) is 9.89 Å². The molecule has 0 saturated heterocycles. The van der Waals surface area contributed by atoms with Gasteiger partial charge in [0.05, 0.1) is 5.75 Å². The van der Waals surface area contributed by atoms with Gasteiger partial charge < -0.3 is 5.32 Å². The fraction of sp³-hybridized carbons (Fsp3) is 0.438. The lowest BCUT2D eigenvalue weighted by Crippen LogP contribution is -2.27. The van der Waals surface area contributed by atoms with Crippen molar-refractivity contribution >= 4 is 29.4 Å². The highest BCUT2D eigenvalue weighted by Gasteiger charge is 2.27. The molecule has 5 nitrogen and oxygen atoms in total. The van der Waals surface area contributed by atoms with Crippen LogP contribution in [0.1, 0.15) is 30.1 Å². The molecule has 0 spiro atoms. The van der Waals surface area contributed by atoms with Crippen LogP contribution in [0.5, 0.6) is 0 Å². The summed E-state index contributed by atoms with van der Waals surface area (Å²) in [6.07, 6.45) is 2.39. The van der Waals surface area contributed by atoms with Gasteiger partial charge in [-0.15, -0.1) is 16.9 Å². The molecule has 1 heterocycles. The second kappa shape index (κ2) is 7.88. The molecule has 1 aliphatic rings. The third kappa shape index (κ3) is 5.28. The second-order valence-corrected chi connectivity index (χ2v) is 7.69. The van der Waals surface area contributed by atoms with Gasteiger partial charge in [0, 0.05) is 23.1 Å². The van der Waals surface area contributed by atoms with Crippen molar-refractivity contribution in [3.63, 3.8) is 0 Å². The standard InChI is InChI=1S/C16H20N4OS2/c1-11-2-6-13(7-3-11)22-9-8-17-14(21)10-23-16-18-15(19-20-16)12-4-5-12/h2-3,6-7,12H,4-5,8-10H2,1H3,(H,17,21)(H,18,19,20). The number of nitrogens with zero attached hydrogens (tertiary/aromatic N) is 2. The second-order valence-electron chi connectivity index (χ2n) is 5.58. The minimum atomic E-state index is 0.0253. The first-order valence-corrected chi connectivity index (χ1v) is 9.69. The highest BCUT2D eigenvalue weighted by molar-refractivity contribution is 7.99. The Morgan fingerprint density at radius 1 is 1.30 bits per heavy atom. The van der Waals surface area contributed by atoms with Crippen molar-refractivity contribution in [1.82, 2.24) is 20.5 Å². The van der Waals surface area contributed by atoms with E-state index < -0.39 is 0 Å². The molecule has 1 aromatic carbocycles. The first-order valence-electron chi connectivity index (χ1n) is 7.72. The van der Waals surface area contributed by atoms with Gasteiger partial charge in [0.15, 0.2) is 0 Å². The van der Waals surface area contributed by atoms with Gasteiger partial charge >= 0.3 is 0 Å². The SMILES string of the molecule is Cc1ccc(SCCNC(=O)CSc2n[nH]c(C3CC3)n2)cc1. The molecule has 1 fully saturated rings. The summed E-state index contributed by atoms with van der Waals surface area (Å²) in [6, 6.07) is 8.42. The number of aromatic nitrogens is 3. The Morgan fingerprint density at radius 2 is 2.09 bits per heavy atom. The Morgan fingerprint density at radius 3 is 2.83 bits per heavy atom. The van der Waals surface area contributed by atoms with E-state index in [1.165, 1.54) is 35.1 Å². The molecular formula is C16H20N4OS2. The lowest BCUT2D eigenvalue weighted by atomic mass is 10.2. The molecule has 0 bridgehead atoms. The number of nitrogens with one attached hydrogen (secondary N) is 2. The minimum Gasteiger partial charge on any atom is -0.355 e. The number of amides is 1. The van der Waals surface area contributed by atoms with E-state index >= 15 is 0 Å². The molecule has 0 radical (unpaired) electrons. The number of hydrogen-bond acceptors (Lipinski definition) is 5. The summed E-state index contributed by atoms with van der Waals surface area (Å²) in [5.74, 6) is 2.77. The number of benzene rings is 1. The van der Waals surface area contributed by atoms with E-state index in [4.69, 9.17) is 0 Å². The molecule has 3 rings (SSSR count). The van der Waals surface area contributed by atoms with Crippen LogP contribution >= 0.6 is 23.5 Å². The Bertz CT molecular complexity index is 652. The van der Waals surface area contributed by atoms with Gasteiger partial charge in [0.25, 0.3) is 0 Å². The van der Waals surface area contributed by atoms with Crippen LogP contribution in [0.3, 0.4) is 0 Å². The molecule has 0 atom stereocenters. The maximum atomic E-state index is 11.8. The summed E-state index contributed by atoms with van der Waals surface area (Å²) in [6.45, 7) is 2.74. The van der Waals surface area contributed by atoms with Crippen LogP contribution < -0.4 is 5.32 Å². The van der Waals surface area contributed by atoms with E-state index in [1.54, 1.807) is 11.8 Å². The Balaban J connectivity index is 1.30. The van der Waals surface area contributed by atoms with Gasteiger partial charge in [-0.1, -0.05) is 29.5 Å². The molecule has 0 unspecified atom stereocenters. The predicted octanol–water partition coefficient (Wildman–Crippen LogP) is 2.99. The maximum Gasteiger partial charge on any atom is 0.230 e. The van der Waals surface area contributed by atoms with E-state index in [0.29, 0.717) is 23.4 Å². The Hall–Kier alpha value is -1.47. The number of aryl methyl sites for hydroxylation is 1. The number of aromatic amines is 1. The van der Waals surface area contributed by atoms with Gasteiger partial charge in [-0.2, -0.15) is 0 Å². The minimum absolute atomic E-state index is 0.0253. The molecule has 2 aromatic rings. The van der Waals surface area contributed by atoms with Gasteiger partial charge in [0.2, 0.25) is 11.1 Å². The summed E-state index contributed by atoms with van der Waals surface area (Å²) in [7, 11) is 0. The third-order valence-corrected chi connectivity index (χ3v) is 5.35. The van der Waals surface area contributed by atoms with Crippen LogP contribution in [0.2, 0.25) is 0 Å². The van der Waals surface area contributed by atoms with Crippen molar-refractivity contribution < 1.29 is 4.79 Å². The molecule has 1 saturated carbocycles. The maximum absolute atomic E-state index is 11.8. The summed E-state index contributed by atoms with van der Waals surface area (Å²) in [5.41, 5.74) is 1.26.